The molecule has 1 fully saturated rings. The van der Waals surface area contributed by atoms with Gasteiger partial charge in [0.15, 0.2) is 0 Å². The van der Waals surface area contributed by atoms with Gasteiger partial charge >= 0.3 is 12.2 Å². The Balaban J connectivity index is 1.67. The van der Waals surface area contributed by atoms with Gasteiger partial charge < -0.3 is 25.2 Å². The number of hydrogen-bond donors (Lipinski definition) is 3. The number of anilines is 1. The summed E-state index contributed by atoms with van der Waals surface area (Å²) in [5.74, 6) is 0. The van der Waals surface area contributed by atoms with Gasteiger partial charge in [-0.1, -0.05) is 6.07 Å². The molecule has 1 aromatic carbocycles. The fourth-order valence-electron chi connectivity index (χ4n) is 3.49. The highest BCUT2D eigenvalue weighted by Crippen LogP contribution is 2.30. The van der Waals surface area contributed by atoms with Crippen LogP contribution in [0.1, 0.15) is 12.8 Å². The van der Waals surface area contributed by atoms with E-state index in [1.54, 1.807) is 24.3 Å². The van der Waals surface area contributed by atoms with E-state index in [0.717, 1.165) is 25.9 Å². The van der Waals surface area contributed by atoms with Crippen LogP contribution in [0.3, 0.4) is 0 Å². The van der Waals surface area contributed by atoms with E-state index in [1.807, 2.05) is 22.6 Å². The number of likely N-dealkylation sites (tertiary alicyclic amines) is 1. The highest BCUT2D eigenvalue weighted by molar-refractivity contribution is 14.1. The van der Waals surface area contributed by atoms with Gasteiger partial charge in [0.2, 0.25) is 0 Å². The second-order valence-electron chi connectivity index (χ2n) is 6.84. The van der Waals surface area contributed by atoms with Crippen LogP contribution in [0.2, 0.25) is 0 Å². The number of amides is 2. The average Bonchev–Trinajstić information content (AvgIpc) is 2.92. The molecule has 2 amide bonds. The maximum atomic E-state index is 12.9. The number of aliphatic hydroxyl groups excluding tert-OH is 1. The fourth-order valence-corrected chi connectivity index (χ4v) is 4.23. The zero-order valence-electron chi connectivity index (χ0n) is 15.1. The zero-order valence-corrected chi connectivity index (χ0v) is 17.3. The lowest BCUT2D eigenvalue weighted by Crippen LogP contribution is -2.46. The molecular weight excluding hydrogens is 488 g/mol. The maximum Gasteiger partial charge on any atom is 0.406 e. The second kappa shape index (κ2) is 8.87. The number of piperidine rings is 1. The summed E-state index contributed by atoms with van der Waals surface area (Å²) in [4.78, 5) is 14.5. The van der Waals surface area contributed by atoms with Crippen molar-refractivity contribution < 1.29 is 23.1 Å². The summed E-state index contributed by atoms with van der Waals surface area (Å²) in [6.45, 7) is 1.29. The van der Waals surface area contributed by atoms with Crippen LogP contribution < -0.4 is 10.6 Å². The van der Waals surface area contributed by atoms with Crippen LogP contribution in [0.5, 0.6) is 0 Å². The molecule has 0 spiro atoms. The van der Waals surface area contributed by atoms with Crippen molar-refractivity contribution in [1.29, 1.82) is 0 Å². The van der Waals surface area contributed by atoms with E-state index in [4.69, 9.17) is 5.11 Å². The molecule has 0 atom stereocenters. The molecule has 3 rings (SSSR count). The SMILES string of the molecule is O=C(Nc1cccc2c1cc(I)n2CC(F)(F)F)NC1CCN(CCO)CC1. The van der Waals surface area contributed by atoms with Crippen molar-refractivity contribution >= 4 is 45.2 Å². The van der Waals surface area contributed by atoms with Gasteiger partial charge in [0.25, 0.3) is 0 Å². The van der Waals surface area contributed by atoms with E-state index < -0.39 is 12.7 Å². The molecule has 0 saturated carbocycles. The fraction of sp³-hybridized carbons (Fsp3) is 0.500. The number of rotatable bonds is 5. The molecule has 0 aliphatic carbocycles. The molecule has 1 aromatic heterocycles. The summed E-state index contributed by atoms with van der Waals surface area (Å²) in [5, 5.41) is 15.2. The number of alkyl halides is 3. The molecule has 154 valence electrons. The van der Waals surface area contributed by atoms with Gasteiger partial charge in [-0.25, -0.2) is 4.79 Å². The smallest absolute Gasteiger partial charge is 0.395 e. The Bertz CT molecular complexity index is 832. The minimum atomic E-state index is -4.32. The van der Waals surface area contributed by atoms with Gasteiger partial charge in [0.1, 0.15) is 6.54 Å². The minimum absolute atomic E-state index is 0.0316. The van der Waals surface area contributed by atoms with Crippen molar-refractivity contribution in [2.75, 3.05) is 31.6 Å². The number of aliphatic hydroxyl groups is 1. The molecular formula is C18H22F3IN4O2. The van der Waals surface area contributed by atoms with Crippen LogP contribution in [0.4, 0.5) is 23.7 Å². The van der Waals surface area contributed by atoms with Crippen molar-refractivity contribution in [3.05, 3.63) is 28.0 Å². The first-order valence-corrected chi connectivity index (χ1v) is 10.1. The van der Waals surface area contributed by atoms with Crippen LogP contribution in [0.25, 0.3) is 10.9 Å². The Morgan fingerprint density at radius 3 is 2.64 bits per heavy atom. The molecule has 1 aliphatic heterocycles. The number of fused-ring (bicyclic) bond motifs is 1. The second-order valence-corrected chi connectivity index (χ2v) is 7.95. The molecule has 0 bridgehead atoms. The van der Waals surface area contributed by atoms with Crippen LogP contribution in [0, 0.1) is 3.70 Å². The Morgan fingerprint density at radius 1 is 1.29 bits per heavy atom. The number of halogens is 4. The molecule has 2 aromatic rings. The molecule has 3 N–H and O–H groups in total. The molecule has 0 unspecified atom stereocenters. The third-order valence-corrected chi connectivity index (χ3v) is 5.71. The molecule has 28 heavy (non-hydrogen) atoms. The van der Waals surface area contributed by atoms with Gasteiger partial charge in [-0.15, -0.1) is 0 Å². The summed E-state index contributed by atoms with van der Waals surface area (Å²) in [7, 11) is 0. The number of urea groups is 1. The summed E-state index contributed by atoms with van der Waals surface area (Å²) < 4.78 is 40.2. The molecule has 0 radical (unpaired) electrons. The first-order chi connectivity index (χ1) is 13.3. The van der Waals surface area contributed by atoms with Gasteiger partial charge in [0.05, 0.1) is 21.5 Å². The third-order valence-electron chi connectivity index (χ3n) is 4.82. The lowest BCUT2D eigenvalue weighted by molar-refractivity contribution is -0.140. The summed E-state index contributed by atoms with van der Waals surface area (Å²) in [6.07, 6.45) is -2.74. The summed E-state index contributed by atoms with van der Waals surface area (Å²) >= 11 is 1.87. The van der Waals surface area contributed by atoms with Crippen molar-refractivity contribution in [1.82, 2.24) is 14.8 Å². The summed E-state index contributed by atoms with van der Waals surface area (Å²) in [6, 6.07) is 6.23. The number of carbonyl (C=O) groups is 1. The van der Waals surface area contributed by atoms with Crippen LogP contribution >= 0.6 is 22.6 Å². The maximum absolute atomic E-state index is 12.9. The van der Waals surface area contributed by atoms with E-state index in [9.17, 15) is 18.0 Å². The Hall–Kier alpha value is -1.53. The van der Waals surface area contributed by atoms with E-state index in [-0.39, 0.29) is 18.7 Å². The number of carbonyl (C=O) groups excluding carboxylic acids is 1. The Labute approximate surface area is 174 Å². The number of nitrogens with zero attached hydrogens (tertiary/aromatic N) is 2. The first kappa shape index (κ1) is 21.2. The Morgan fingerprint density at radius 2 is 2.00 bits per heavy atom. The first-order valence-electron chi connectivity index (χ1n) is 9.02. The zero-order chi connectivity index (χ0) is 20.3. The Kier molecular flexibility index (Phi) is 6.71. The van der Waals surface area contributed by atoms with Crippen LogP contribution in [-0.4, -0.2) is 59.1 Å². The normalized spacial score (nSPS) is 16.5. The predicted octanol–water partition coefficient (Wildman–Crippen LogP) is 3.39. The molecule has 1 saturated heterocycles. The predicted molar refractivity (Wildman–Crippen MR) is 109 cm³/mol. The van der Waals surface area contributed by atoms with Crippen LogP contribution in [0.15, 0.2) is 24.3 Å². The molecule has 2 heterocycles. The van der Waals surface area contributed by atoms with Crippen LogP contribution in [-0.2, 0) is 6.54 Å². The average molecular weight is 510 g/mol. The quantitative estimate of drug-likeness (QED) is 0.541. The topological polar surface area (TPSA) is 69.5 Å². The standard InChI is InChI=1S/C18H22F3IN4O2/c19-18(20,21)11-26-15-3-1-2-14(13(15)10-16(26)22)24-17(28)23-12-4-6-25(7-5-12)8-9-27/h1-3,10,12,27H,4-9,11H2,(H2,23,24,28). The highest BCUT2D eigenvalue weighted by atomic mass is 127. The molecule has 1 aliphatic rings. The highest BCUT2D eigenvalue weighted by Gasteiger charge is 2.30. The van der Waals surface area contributed by atoms with Gasteiger partial charge in [-0.05, 0) is 53.6 Å². The van der Waals surface area contributed by atoms with Gasteiger partial charge in [-0.3, -0.25) is 0 Å². The lowest BCUT2D eigenvalue weighted by Gasteiger charge is -2.31. The number of β-amino-alcohol motifs (C(OH)–C–C–N with tert-alkyl or cyclic N) is 1. The molecule has 6 nitrogen and oxygen atoms in total. The van der Waals surface area contributed by atoms with E-state index in [1.165, 1.54) is 4.57 Å². The summed E-state index contributed by atoms with van der Waals surface area (Å²) in [5.41, 5.74) is 0.906. The number of aromatic nitrogens is 1. The molecule has 10 heteroatoms. The lowest BCUT2D eigenvalue weighted by atomic mass is 10.1. The van der Waals surface area contributed by atoms with Crippen molar-refractivity contribution in [3.8, 4) is 0 Å². The minimum Gasteiger partial charge on any atom is -0.395 e. The number of hydrogen-bond acceptors (Lipinski definition) is 3. The van der Waals surface area contributed by atoms with E-state index in [2.05, 4.69) is 15.5 Å². The van der Waals surface area contributed by atoms with E-state index >= 15 is 0 Å². The van der Waals surface area contributed by atoms with Crippen molar-refractivity contribution in [3.63, 3.8) is 0 Å². The monoisotopic (exact) mass is 510 g/mol. The third kappa shape index (κ3) is 5.29. The number of nitrogens with one attached hydrogen (secondary N) is 2. The van der Waals surface area contributed by atoms with Crippen molar-refractivity contribution in [2.45, 2.75) is 31.6 Å². The largest absolute Gasteiger partial charge is 0.406 e. The number of benzene rings is 1. The van der Waals surface area contributed by atoms with Gasteiger partial charge in [-0.2, -0.15) is 13.2 Å². The van der Waals surface area contributed by atoms with E-state index in [0.29, 0.717) is 26.8 Å². The van der Waals surface area contributed by atoms with Gasteiger partial charge in [0, 0.05) is 31.1 Å². The van der Waals surface area contributed by atoms with Crippen molar-refractivity contribution in [2.24, 2.45) is 0 Å².